The first-order valence-electron chi connectivity index (χ1n) is 6.19. The average molecular weight is 278 g/mol. The topological polar surface area (TPSA) is 69.0 Å². The van der Waals surface area contributed by atoms with Crippen LogP contribution in [0, 0.1) is 0 Å². The van der Waals surface area contributed by atoms with Gasteiger partial charge in [0.25, 0.3) is 0 Å². The lowest BCUT2D eigenvalue weighted by atomic mass is 10.1. The summed E-state index contributed by atoms with van der Waals surface area (Å²) in [5.41, 5.74) is 0.489. The Kier molecular flexibility index (Phi) is 3.20. The molecule has 0 spiro atoms. The van der Waals surface area contributed by atoms with Crippen LogP contribution in [0.25, 0.3) is 0 Å². The first-order chi connectivity index (χ1) is 9.31. The molecular weight excluding hydrogens is 264 g/mol. The zero-order valence-corrected chi connectivity index (χ0v) is 11.3. The molecule has 0 bridgehead atoms. The number of hydrogen-bond donors (Lipinski definition) is 1. The van der Waals surface area contributed by atoms with Gasteiger partial charge in [-0.3, -0.25) is 0 Å². The Morgan fingerprint density at radius 1 is 1.68 bits per heavy atom. The molecule has 2 aromatic heterocycles. The van der Waals surface area contributed by atoms with E-state index in [0.717, 1.165) is 23.8 Å². The van der Waals surface area contributed by atoms with E-state index in [1.54, 1.807) is 30.7 Å². The molecule has 1 aliphatic rings. The van der Waals surface area contributed by atoms with Crippen LogP contribution in [0.3, 0.4) is 0 Å². The van der Waals surface area contributed by atoms with Gasteiger partial charge in [-0.15, -0.1) is 11.3 Å². The fraction of sp³-hybridized carbons (Fsp3) is 0.417. The van der Waals surface area contributed by atoms with Gasteiger partial charge in [0, 0.05) is 18.1 Å². The Bertz CT molecular complexity index is 579. The third-order valence-electron chi connectivity index (χ3n) is 3.03. The summed E-state index contributed by atoms with van der Waals surface area (Å²) >= 11 is 1.61. The van der Waals surface area contributed by atoms with Crippen LogP contribution >= 0.6 is 11.3 Å². The molecule has 0 saturated heterocycles. The van der Waals surface area contributed by atoms with E-state index in [9.17, 15) is 4.79 Å². The van der Waals surface area contributed by atoms with E-state index in [1.807, 2.05) is 10.1 Å². The van der Waals surface area contributed by atoms with E-state index in [4.69, 9.17) is 4.74 Å². The maximum absolute atomic E-state index is 11.8. The van der Waals surface area contributed by atoms with Crippen LogP contribution in [-0.2, 0) is 4.74 Å². The van der Waals surface area contributed by atoms with Crippen LogP contribution in [0.1, 0.15) is 34.8 Å². The number of ether oxygens (including phenoxy) is 1. The van der Waals surface area contributed by atoms with Gasteiger partial charge in [-0.1, -0.05) is 0 Å². The summed E-state index contributed by atoms with van der Waals surface area (Å²) in [6.45, 7) is 2.95. The lowest BCUT2D eigenvalue weighted by Crippen LogP contribution is -2.25. The molecule has 1 unspecified atom stereocenters. The number of nitrogens with zero attached hydrogens (tertiary/aromatic N) is 3. The van der Waals surface area contributed by atoms with Gasteiger partial charge in [-0.25, -0.2) is 14.5 Å². The van der Waals surface area contributed by atoms with Crippen molar-refractivity contribution in [2.24, 2.45) is 0 Å². The number of thiazole rings is 1. The van der Waals surface area contributed by atoms with Gasteiger partial charge in [0.1, 0.15) is 22.4 Å². The van der Waals surface area contributed by atoms with Crippen molar-refractivity contribution in [3.05, 3.63) is 28.3 Å². The van der Waals surface area contributed by atoms with E-state index < -0.39 is 0 Å². The highest BCUT2D eigenvalue weighted by Crippen LogP contribution is 2.32. The molecular formula is C12H14N4O2S. The highest BCUT2D eigenvalue weighted by atomic mass is 32.1. The minimum absolute atomic E-state index is 0.0967. The predicted molar refractivity (Wildman–Crippen MR) is 71.5 cm³/mol. The number of carbonyl (C=O) groups is 1. The molecule has 0 radical (unpaired) electrons. The van der Waals surface area contributed by atoms with Gasteiger partial charge in [0.05, 0.1) is 12.8 Å². The Morgan fingerprint density at radius 2 is 2.58 bits per heavy atom. The molecule has 0 fully saturated rings. The van der Waals surface area contributed by atoms with E-state index >= 15 is 0 Å². The first-order valence-corrected chi connectivity index (χ1v) is 7.07. The van der Waals surface area contributed by atoms with E-state index in [2.05, 4.69) is 15.4 Å². The maximum Gasteiger partial charge on any atom is 0.343 e. The Morgan fingerprint density at radius 3 is 3.32 bits per heavy atom. The minimum atomic E-state index is -0.337. The molecule has 0 saturated carbocycles. The highest BCUT2D eigenvalue weighted by molar-refractivity contribution is 7.09. The normalized spacial score (nSPS) is 17.6. The molecule has 2 aromatic rings. The second-order valence-corrected chi connectivity index (χ2v) is 5.10. The number of anilines is 1. The molecule has 1 atom stereocenters. The van der Waals surface area contributed by atoms with E-state index in [0.29, 0.717) is 12.2 Å². The van der Waals surface area contributed by atoms with E-state index in [-0.39, 0.29) is 12.0 Å². The van der Waals surface area contributed by atoms with E-state index in [1.165, 1.54) is 0 Å². The zero-order chi connectivity index (χ0) is 13.2. The van der Waals surface area contributed by atoms with Crippen molar-refractivity contribution in [1.82, 2.24) is 14.8 Å². The quantitative estimate of drug-likeness (QED) is 0.869. The van der Waals surface area contributed by atoms with Crippen LogP contribution in [0.5, 0.6) is 0 Å². The molecule has 0 aromatic carbocycles. The number of hydrogen-bond acceptors (Lipinski definition) is 6. The molecule has 1 N–H and O–H groups in total. The molecule has 7 heteroatoms. The zero-order valence-electron chi connectivity index (χ0n) is 10.5. The van der Waals surface area contributed by atoms with Gasteiger partial charge in [-0.2, -0.15) is 5.10 Å². The van der Waals surface area contributed by atoms with Crippen molar-refractivity contribution in [1.29, 1.82) is 0 Å². The van der Waals surface area contributed by atoms with Gasteiger partial charge in [0.15, 0.2) is 0 Å². The van der Waals surface area contributed by atoms with Crippen molar-refractivity contribution in [3.8, 4) is 0 Å². The monoisotopic (exact) mass is 278 g/mol. The summed E-state index contributed by atoms with van der Waals surface area (Å²) in [6, 6.07) is 0.0967. The molecule has 1 aliphatic heterocycles. The Labute approximate surface area is 114 Å². The molecule has 3 rings (SSSR count). The van der Waals surface area contributed by atoms with Crippen LogP contribution in [-0.4, -0.2) is 33.9 Å². The van der Waals surface area contributed by atoms with Crippen molar-refractivity contribution in [2.45, 2.75) is 19.4 Å². The lowest BCUT2D eigenvalue weighted by molar-refractivity contribution is 0.0527. The minimum Gasteiger partial charge on any atom is -0.462 e. The van der Waals surface area contributed by atoms with Gasteiger partial charge >= 0.3 is 5.97 Å². The second kappa shape index (κ2) is 5.00. The smallest absolute Gasteiger partial charge is 0.343 e. The number of carbonyl (C=O) groups excluding carboxylic acids is 1. The molecule has 3 heterocycles. The molecule has 0 amide bonds. The number of rotatable bonds is 3. The Balaban J connectivity index is 1.96. The molecule has 6 nitrogen and oxygen atoms in total. The average Bonchev–Trinajstić information content (AvgIpc) is 3.08. The maximum atomic E-state index is 11.8. The number of fused-ring (bicyclic) bond motifs is 1. The van der Waals surface area contributed by atoms with Crippen molar-refractivity contribution in [3.63, 3.8) is 0 Å². The summed E-state index contributed by atoms with van der Waals surface area (Å²) in [7, 11) is 0. The third-order valence-corrected chi connectivity index (χ3v) is 3.91. The summed E-state index contributed by atoms with van der Waals surface area (Å²) in [5, 5.41) is 10.5. The van der Waals surface area contributed by atoms with Crippen molar-refractivity contribution < 1.29 is 9.53 Å². The largest absolute Gasteiger partial charge is 0.462 e. The second-order valence-electron chi connectivity index (χ2n) is 4.17. The molecule has 100 valence electrons. The molecule has 0 aliphatic carbocycles. The molecule has 19 heavy (non-hydrogen) atoms. The number of aromatic nitrogens is 3. The highest BCUT2D eigenvalue weighted by Gasteiger charge is 2.28. The standard InChI is InChI=1S/C12H14N4O2S/c1-2-18-12(17)8-7-15-16-9(3-4-13-10(8)16)11-14-5-6-19-11/h5-7,9,13H,2-4H2,1H3. The number of esters is 1. The van der Waals surface area contributed by atoms with Crippen molar-refractivity contribution >= 4 is 23.1 Å². The third kappa shape index (κ3) is 2.10. The number of nitrogens with one attached hydrogen (secondary N) is 1. The summed E-state index contributed by atoms with van der Waals surface area (Å²) < 4.78 is 6.86. The van der Waals surface area contributed by atoms with Gasteiger partial charge in [-0.05, 0) is 13.3 Å². The Hall–Kier alpha value is -1.89. The fourth-order valence-electron chi connectivity index (χ4n) is 2.21. The van der Waals surface area contributed by atoms with Crippen LogP contribution in [0.15, 0.2) is 17.8 Å². The van der Waals surface area contributed by atoms with Gasteiger partial charge in [0.2, 0.25) is 0 Å². The summed E-state index contributed by atoms with van der Waals surface area (Å²) in [6.07, 6.45) is 4.26. The van der Waals surface area contributed by atoms with Crippen LogP contribution in [0.4, 0.5) is 5.82 Å². The predicted octanol–water partition coefficient (Wildman–Crippen LogP) is 1.92. The lowest BCUT2D eigenvalue weighted by Gasteiger charge is -2.24. The first kappa shape index (κ1) is 12.2. The van der Waals surface area contributed by atoms with Gasteiger partial charge < -0.3 is 10.1 Å². The van der Waals surface area contributed by atoms with Crippen LogP contribution < -0.4 is 5.32 Å². The summed E-state index contributed by atoms with van der Waals surface area (Å²) in [5.74, 6) is 0.390. The SMILES string of the molecule is CCOC(=O)c1cnn2c1NCCC2c1nccs1. The van der Waals surface area contributed by atoms with Crippen molar-refractivity contribution in [2.75, 3.05) is 18.5 Å². The van der Waals surface area contributed by atoms with Crippen LogP contribution in [0.2, 0.25) is 0 Å². The fourth-order valence-corrected chi connectivity index (χ4v) is 2.97. The summed E-state index contributed by atoms with van der Waals surface area (Å²) in [4.78, 5) is 16.2.